The highest BCUT2D eigenvalue weighted by Gasteiger charge is 2.23. The summed E-state index contributed by atoms with van der Waals surface area (Å²) in [6.45, 7) is 6.33. The molecule has 0 aromatic heterocycles. The fraction of sp³-hybridized carbons (Fsp3) is 0.296. The number of sulfone groups is 1. The van der Waals surface area contributed by atoms with Crippen molar-refractivity contribution in [3.8, 4) is 5.75 Å². The van der Waals surface area contributed by atoms with E-state index in [4.69, 9.17) is 4.74 Å². The Labute approximate surface area is 201 Å². The van der Waals surface area contributed by atoms with Crippen LogP contribution in [0.5, 0.6) is 5.75 Å². The molecule has 34 heavy (non-hydrogen) atoms. The Morgan fingerprint density at radius 1 is 0.853 bits per heavy atom. The molecule has 0 bridgehead atoms. The van der Waals surface area contributed by atoms with Crippen molar-refractivity contribution in [3.05, 3.63) is 95.6 Å². The number of piperazine rings is 1. The van der Waals surface area contributed by atoms with E-state index in [9.17, 15) is 13.2 Å². The number of rotatable bonds is 8. The van der Waals surface area contributed by atoms with Crippen molar-refractivity contribution in [1.82, 2.24) is 9.80 Å². The van der Waals surface area contributed by atoms with E-state index in [1.54, 1.807) is 54.6 Å². The van der Waals surface area contributed by atoms with E-state index in [1.807, 2.05) is 24.0 Å². The molecule has 6 nitrogen and oxygen atoms in total. The van der Waals surface area contributed by atoms with Crippen molar-refractivity contribution in [1.29, 1.82) is 0 Å². The predicted molar refractivity (Wildman–Crippen MR) is 133 cm³/mol. The predicted octanol–water partition coefficient (Wildman–Crippen LogP) is 4.02. The van der Waals surface area contributed by atoms with Crippen LogP contribution in [-0.2, 0) is 22.1 Å². The van der Waals surface area contributed by atoms with Gasteiger partial charge in [0.25, 0.3) is 5.91 Å². The summed E-state index contributed by atoms with van der Waals surface area (Å²) in [5.41, 5.74) is 2.36. The standard InChI is InChI=1S/C27H30N2O4S/c1-2-33-25-13-11-22(12-14-25)20-28-15-17-29(18-16-28)27(30)24-8-6-7-23(19-24)21-34(31,32)26-9-4-3-5-10-26/h3-14,19H,2,15-18,20-21H2,1H3. The van der Waals surface area contributed by atoms with Gasteiger partial charge in [-0.05, 0) is 54.4 Å². The van der Waals surface area contributed by atoms with Crippen molar-refractivity contribution >= 4 is 15.7 Å². The molecule has 1 amide bonds. The first-order chi connectivity index (χ1) is 16.4. The van der Waals surface area contributed by atoms with Crippen LogP contribution in [0.2, 0.25) is 0 Å². The highest BCUT2D eigenvalue weighted by atomic mass is 32.2. The molecular weight excluding hydrogens is 448 g/mol. The Hall–Kier alpha value is -3.16. The van der Waals surface area contributed by atoms with Crippen LogP contribution >= 0.6 is 0 Å². The fourth-order valence-corrected chi connectivity index (χ4v) is 5.49. The number of hydrogen-bond donors (Lipinski definition) is 0. The molecular formula is C27H30N2O4S. The maximum atomic E-state index is 13.1. The molecule has 1 heterocycles. The van der Waals surface area contributed by atoms with Crippen molar-refractivity contribution in [3.63, 3.8) is 0 Å². The lowest BCUT2D eigenvalue weighted by atomic mass is 10.1. The van der Waals surface area contributed by atoms with Gasteiger partial charge in [-0.2, -0.15) is 0 Å². The molecule has 0 radical (unpaired) electrons. The lowest BCUT2D eigenvalue weighted by Gasteiger charge is -2.35. The first-order valence-electron chi connectivity index (χ1n) is 11.5. The zero-order valence-corrected chi connectivity index (χ0v) is 20.2. The van der Waals surface area contributed by atoms with Gasteiger partial charge in [0, 0.05) is 38.3 Å². The molecule has 1 aliphatic rings. The van der Waals surface area contributed by atoms with Crippen LogP contribution in [0.3, 0.4) is 0 Å². The minimum Gasteiger partial charge on any atom is -0.494 e. The quantitative estimate of drug-likeness (QED) is 0.489. The molecule has 3 aromatic carbocycles. The van der Waals surface area contributed by atoms with Crippen molar-refractivity contribution in [2.45, 2.75) is 24.1 Å². The summed E-state index contributed by atoms with van der Waals surface area (Å²) in [5.74, 6) is 0.689. The molecule has 178 valence electrons. The maximum Gasteiger partial charge on any atom is 0.253 e. The van der Waals surface area contributed by atoms with Gasteiger partial charge in [0.15, 0.2) is 9.84 Å². The van der Waals surface area contributed by atoms with Crippen LogP contribution in [0, 0.1) is 0 Å². The molecule has 4 rings (SSSR count). The third-order valence-electron chi connectivity index (χ3n) is 5.93. The highest BCUT2D eigenvalue weighted by molar-refractivity contribution is 7.90. The molecule has 0 aliphatic carbocycles. The highest BCUT2D eigenvalue weighted by Crippen LogP contribution is 2.19. The summed E-state index contributed by atoms with van der Waals surface area (Å²) in [5, 5.41) is 0. The second-order valence-electron chi connectivity index (χ2n) is 8.42. The Morgan fingerprint density at radius 2 is 1.56 bits per heavy atom. The summed E-state index contributed by atoms with van der Waals surface area (Å²) in [7, 11) is -3.46. The maximum absolute atomic E-state index is 13.1. The number of carbonyl (C=O) groups is 1. The number of benzene rings is 3. The average Bonchev–Trinajstić information content (AvgIpc) is 2.86. The van der Waals surface area contributed by atoms with Gasteiger partial charge in [0.1, 0.15) is 5.75 Å². The molecule has 0 atom stereocenters. The largest absolute Gasteiger partial charge is 0.494 e. The van der Waals surface area contributed by atoms with Gasteiger partial charge >= 0.3 is 0 Å². The lowest BCUT2D eigenvalue weighted by Crippen LogP contribution is -2.48. The van der Waals surface area contributed by atoms with Gasteiger partial charge in [0.2, 0.25) is 0 Å². The van der Waals surface area contributed by atoms with E-state index in [0.717, 1.165) is 25.4 Å². The smallest absolute Gasteiger partial charge is 0.253 e. The summed E-state index contributed by atoms with van der Waals surface area (Å²) in [6, 6.07) is 23.5. The monoisotopic (exact) mass is 478 g/mol. The zero-order valence-electron chi connectivity index (χ0n) is 19.4. The summed E-state index contributed by atoms with van der Waals surface area (Å²) in [6.07, 6.45) is 0. The summed E-state index contributed by atoms with van der Waals surface area (Å²) >= 11 is 0. The van der Waals surface area contributed by atoms with Gasteiger partial charge in [-0.1, -0.05) is 42.5 Å². The van der Waals surface area contributed by atoms with Crippen molar-refractivity contribution in [2.75, 3.05) is 32.8 Å². The molecule has 1 aliphatic heterocycles. The SMILES string of the molecule is CCOc1ccc(CN2CCN(C(=O)c3cccc(CS(=O)(=O)c4ccccc4)c3)CC2)cc1. The van der Waals surface area contributed by atoms with Crippen LogP contribution in [0.1, 0.15) is 28.4 Å². The zero-order chi connectivity index (χ0) is 24.0. The van der Waals surface area contributed by atoms with Gasteiger partial charge in [0.05, 0.1) is 17.3 Å². The molecule has 0 N–H and O–H groups in total. The lowest BCUT2D eigenvalue weighted by molar-refractivity contribution is 0.0628. The Balaban J connectivity index is 1.34. The molecule has 1 fully saturated rings. The minimum atomic E-state index is -3.46. The molecule has 3 aromatic rings. The average molecular weight is 479 g/mol. The first-order valence-corrected chi connectivity index (χ1v) is 13.2. The van der Waals surface area contributed by atoms with Gasteiger partial charge in [-0.3, -0.25) is 9.69 Å². The molecule has 0 unspecified atom stereocenters. The Morgan fingerprint density at radius 3 is 2.24 bits per heavy atom. The first kappa shape index (κ1) is 24.0. The normalized spacial score (nSPS) is 14.7. The van der Waals surface area contributed by atoms with E-state index in [1.165, 1.54) is 5.56 Å². The van der Waals surface area contributed by atoms with Gasteiger partial charge in [-0.25, -0.2) is 8.42 Å². The van der Waals surface area contributed by atoms with Crippen LogP contribution in [0.25, 0.3) is 0 Å². The van der Waals surface area contributed by atoms with Crippen LogP contribution < -0.4 is 4.74 Å². The topological polar surface area (TPSA) is 66.9 Å². The molecule has 0 spiro atoms. The number of amides is 1. The van der Waals surface area contributed by atoms with Crippen LogP contribution in [0.15, 0.2) is 83.8 Å². The molecule has 1 saturated heterocycles. The fourth-order valence-electron chi connectivity index (χ4n) is 4.13. The van der Waals surface area contributed by atoms with Gasteiger partial charge < -0.3 is 9.64 Å². The Kier molecular flexibility index (Phi) is 7.65. The Bertz CT molecular complexity index is 1200. The number of ether oxygens (including phenoxy) is 1. The second-order valence-corrected chi connectivity index (χ2v) is 10.4. The number of nitrogens with zero attached hydrogens (tertiary/aromatic N) is 2. The molecule has 7 heteroatoms. The third kappa shape index (κ3) is 6.04. The third-order valence-corrected chi connectivity index (χ3v) is 7.64. The van der Waals surface area contributed by atoms with Gasteiger partial charge in [-0.15, -0.1) is 0 Å². The minimum absolute atomic E-state index is 0.0559. The van der Waals surface area contributed by atoms with Crippen molar-refractivity contribution < 1.29 is 17.9 Å². The van der Waals surface area contributed by atoms with Crippen LogP contribution in [0.4, 0.5) is 0 Å². The van der Waals surface area contributed by atoms with E-state index in [2.05, 4.69) is 17.0 Å². The second kappa shape index (κ2) is 10.8. The van der Waals surface area contributed by atoms with E-state index in [-0.39, 0.29) is 16.6 Å². The number of hydrogen-bond acceptors (Lipinski definition) is 5. The van der Waals surface area contributed by atoms with E-state index >= 15 is 0 Å². The van der Waals surface area contributed by atoms with Crippen LogP contribution in [-0.4, -0.2) is 56.9 Å². The van der Waals surface area contributed by atoms with E-state index < -0.39 is 9.84 Å². The number of carbonyl (C=O) groups excluding carboxylic acids is 1. The summed E-state index contributed by atoms with van der Waals surface area (Å²) < 4.78 is 30.9. The van der Waals surface area contributed by atoms with E-state index in [0.29, 0.717) is 30.8 Å². The summed E-state index contributed by atoms with van der Waals surface area (Å²) in [4.78, 5) is 17.6. The van der Waals surface area contributed by atoms with Crippen molar-refractivity contribution in [2.24, 2.45) is 0 Å². The molecule has 0 saturated carbocycles.